The van der Waals surface area contributed by atoms with E-state index in [2.05, 4.69) is 46.4 Å². The van der Waals surface area contributed by atoms with Crippen LogP contribution >= 0.6 is 46.1 Å². The number of aromatic nitrogens is 2. The fourth-order valence-electron chi connectivity index (χ4n) is 1.67. The minimum atomic E-state index is 0.00970. The van der Waals surface area contributed by atoms with Crippen molar-refractivity contribution in [2.75, 3.05) is 17.3 Å². The maximum Gasteiger partial charge on any atom is 0.264 e. The van der Waals surface area contributed by atoms with E-state index in [1.807, 2.05) is 23.5 Å². The summed E-state index contributed by atoms with van der Waals surface area (Å²) in [4.78, 5) is 19.5. The maximum absolute atomic E-state index is 11.9. The van der Waals surface area contributed by atoms with Crippen molar-refractivity contribution in [2.45, 2.75) is 25.0 Å². The van der Waals surface area contributed by atoms with Crippen LogP contribution in [-0.2, 0) is 0 Å². The van der Waals surface area contributed by atoms with Crippen LogP contribution in [0.5, 0.6) is 0 Å². The van der Waals surface area contributed by atoms with Gasteiger partial charge in [-0.05, 0) is 28.5 Å². The molecule has 1 aliphatic rings. The first kappa shape index (κ1) is 13.7. The smallest absolute Gasteiger partial charge is 0.264 e. The van der Waals surface area contributed by atoms with E-state index in [4.69, 9.17) is 0 Å². The third kappa shape index (κ3) is 3.20. The van der Waals surface area contributed by atoms with E-state index < -0.39 is 0 Å². The summed E-state index contributed by atoms with van der Waals surface area (Å²) >= 11 is 5.92. The van der Waals surface area contributed by atoms with Crippen LogP contribution in [0.3, 0.4) is 0 Å². The zero-order valence-corrected chi connectivity index (χ0v) is 13.6. The molecule has 0 amide bonds. The molecule has 0 spiro atoms. The third-order valence-electron chi connectivity index (χ3n) is 2.57. The second kappa shape index (κ2) is 5.97. The Hall–Kier alpha value is 0.310. The fraction of sp³-hybridized carbons (Fsp3) is 0.636. The number of hydrogen-bond acceptors (Lipinski definition) is 4. The molecule has 1 atom stereocenters. The van der Waals surface area contributed by atoms with Crippen LogP contribution in [0, 0.1) is 3.57 Å². The SMILES string of the molecule is CC(C)c1nc(C2CSCCS2)[nH]c(=O)c1I. The fourth-order valence-corrected chi connectivity index (χ4v) is 5.18. The highest BCUT2D eigenvalue weighted by atomic mass is 127. The number of H-pyrrole nitrogens is 1. The molecular formula is C11H15IN2OS2. The molecule has 1 aromatic heterocycles. The Morgan fingerprint density at radius 3 is 2.82 bits per heavy atom. The van der Waals surface area contributed by atoms with Gasteiger partial charge in [0.1, 0.15) is 5.82 Å². The molecular weight excluding hydrogens is 367 g/mol. The van der Waals surface area contributed by atoms with Gasteiger partial charge in [-0.3, -0.25) is 4.79 Å². The molecule has 0 saturated carbocycles. The second-order valence-corrected chi connectivity index (χ2v) is 7.78. The molecule has 17 heavy (non-hydrogen) atoms. The minimum absolute atomic E-state index is 0.00970. The molecule has 1 N–H and O–H groups in total. The summed E-state index contributed by atoms with van der Waals surface area (Å²) in [6.07, 6.45) is 0. The average molecular weight is 382 g/mol. The molecule has 2 heterocycles. The van der Waals surface area contributed by atoms with Gasteiger partial charge in [0.2, 0.25) is 0 Å². The van der Waals surface area contributed by atoms with E-state index in [0.29, 0.717) is 11.2 Å². The summed E-state index contributed by atoms with van der Waals surface area (Å²) in [5.41, 5.74) is 0.941. The molecule has 0 radical (unpaired) electrons. The first-order chi connectivity index (χ1) is 8.09. The van der Waals surface area contributed by atoms with Crippen molar-refractivity contribution in [3.8, 4) is 0 Å². The van der Waals surface area contributed by atoms with Crippen LogP contribution in [0.2, 0.25) is 0 Å². The lowest BCUT2D eigenvalue weighted by Crippen LogP contribution is -2.22. The van der Waals surface area contributed by atoms with E-state index in [1.165, 1.54) is 5.75 Å². The quantitative estimate of drug-likeness (QED) is 0.799. The summed E-state index contributed by atoms with van der Waals surface area (Å²) in [7, 11) is 0. The molecule has 1 aromatic rings. The van der Waals surface area contributed by atoms with Crippen LogP contribution in [0.25, 0.3) is 0 Å². The van der Waals surface area contributed by atoms with Gasteiger partial charge in [-0.1, -0.05) is 13.8 Å². The highest BCUT2D eigenvalue weighted by Crippen LogP contribution is 2.35. The van der Waals surface area contributed by atoms with Gasteiger partial charge in [-0.2, -0.15) is 11.8 Å². The van der Waals surface area contributed by atoms with Crippen molar-refractivity contribution in [1.29, 1.82) is 0 Å². The van der Waals surface area contributed by atoms with E-state index in [1.54, 1.807) is 0 Å². The Morgan fingerprint density at radius 1 is 1.47 bits per heavy atom. The molecule has 0 bridgehead atoms. The van der Waals surface area contributed by atoms with Crippen molar-refractivity contribution in [2.24, 2.45) is 0 Å². The molecule has 6 heteroatoms. The van der Waals surface area contributed by atoms with Crippen molar-refractivity contribution in [3.05, 3.63) is 25.4 Å². The number of thioether (sulfide) groups is 2. The van der Waals surface area contributed by atoms with Gasteiger partial charge in [0, 0.05) is 17.3 Å². The molecule has 1 unspecified atom stereocenters. The standard InChI is InChI=1S/C11H15IN2OS2/c1-6(2)9-8(12)11(15)14-10(13-9)7-5-16-3-4-17-7/h6-7H,3-5H2,1-2H3,(H,13,14,15). The van der Waals surface area contributed by atoms with Gasteiger partial charge >= 0.3 is 0 Å². The van der Waals surface area contributed by atoms with Crippen LogP contribution in [0.15, 0.2) is 4.79 Å². The second-order valence-electron chi connectivity index (χ2n) is 4.24. The summed E-state index contributed by atoms with van der Waals surface area (Å²) in [5, 5.41) is 0.343. The largest absolute Gasteiger partial charge is 0.309 e. The van der Waals surface area contributed by atoms with E-state index in [0.717, 1.165) is 26.6 Å². The summed E-state index contributed by atoms with van der Waals surface area (Å²) in [5.74, 6) is 4.54. The van der Waals surface area contributed by atoms with Crippen molar-refractivity contribution < 1.29 is 0 Å². The summed E-state index contributed by atoms with van der Waals surface area (Å²) < 4.78 is 0.731. The lowest BCUT2D eigenvalue weighted by Gasteiger charge is -2.21. The highest BCUT2D eigenvalue weighted by molar-refractivity contribution is 14.1. The predicted molar refractivity (Wildman–Crippen MR) is 84.2 cm³/mol. The Labute approximate surface area is 123 Å². The Morgan fingerprint density at radius 2 is 2.24 bits per heavy atom. The lowest BCUT2D eigenvalue weighted by atomic mass is 10.1. The molecule has 1 saturated heterocycles. The van der Waals surface area contributed by atoms with Gasteiger partial charge < -0.3 is 4.98 Å². The Bertz CT molecular complexity index is 455. The van der Waals surface area contributed by atoms with Gasteiger partial charge in [0.05, 0.1) is 14.5 Å². The molecule has 1 aliphatic heterocycles. The first-order valence-electron chi connectivity index (χ1n) is 5.58. The van der Waals surface area contributed by atoms with Crippen LogP contribution < -0.4 is 5.56 Å². The minimum Gasteiger partial charge on any atom is -0.309 e. The maximum atomic E-state index is 11.9. The van der Waals surface area contributed by atoms with Gasteiger partial charge in [0.25, 0.3) is 5.56 Å². The highest BCUT2D eigenvalue weighted by Gasteiger charge is 2.21. The van der Waals surface area contributed by atoms with Crippen LogP contribution in [0.1, 0.15) is 36.5 Å². The van der Waals surface area contributed by atoms with Crippen molar-refractivity contribution in [1.82, 2.24) is 9.97 Å². The zero-order chi connectivity index (χ0) is 12.4. The van der Waals surface area contributed by atoms with Crippen LogP contribution in [0.4, 0.5) is 0 Å². The predicted octanol–water partition coefficient (Wildman–Crippen LogP) is 3.02. The van der Waals surface area contributed by atoms with Crippen molar-refractivity contribution >= 4 is 46.1 Å². The number of nitrogens with zero attached hydrogens (tertiary/aromatic N) is 1. The number of nitrogens with one attached hydrogen (secondary N) is 1. The summed E-state index contributed by atoms with van der Waals surface area (Å²) in [6, 6.07) is 0. The normalized spacial score (nSPS) is 20.8. The molecule has 1 fully saturated rings. The third-order valence-corrected chi connectivity index (χ3v) is 6.38. The topological polar surface area (TPSA) is 45.8 Å². The number of hydrogen-bond donors (Lipinski definition) is 1. The van der Waals surface area contributed by atoms with E-state index in [9.17, 15) is 4.79 Å². The Balaban J connectivity index is 2.37. The van der Waals surface area contributed by atoms with Gasteiger partial charge in [-0.15, -0.1) is 11.8 Å². The monoisotopic (exact) mass is 382 g/mol. The molecule has 3 nitrogen and oxygen atoms in total. The number of rotatable bonds is 2. The average Bonchev–Trinajstić information content (AvgIpc) is 2.33. The first-order valence-corrected chi connectivity index (χ1v) is 8.86. The van der Waals surface area contributed by atoms with Crippen LogP contribution in [-0.4, -0.2) is 27.2 Å². The van der Waals surface area contributed by atoms with E-state index >= 15 is 0 Å². The zero-order valence-electron chi connectivity index (χ0n) is 9.83. The molecule has 2 rings (SSSR count). The molecule has 94 valence electrons. The van der Waals surface area contributed by atoms with E-state index in [-0.39, 0.29) is 5.56 Å². The number of aromatic amines is 1. The van der Waals surface area contributed by atoms with Crippen molar-refractivity contribution in [3.63, 3.8) is 0 Å². The summed E-state index contributed by atoms with van der Waals surface area (Å²) in [6.45, 7) is 4.16. The lowest BCUT2D eigenvalue weighted by molar-refractivity contribution is 0.766. The molecule has 0 aliphatic carbocycles. The van der Waals surface area contributed by atoms with Gasteiger partial charge in [0.15, 0.2) is 0 Å². The molecule has 0 aromatic carbocycles. The number of halogens is 1. The Kier molecular flexibility index (Phi) is 4.82. The van der Waals surface area contributed by atoms with Gasteiger partial charge in [-0.25, -0.2) is 4.98 Å².